The summed E-state index contributed by atoms with van der Waals surface area (Å²) in [7, 11) is 0. The normalized spacial score (nSPS) is 18.3. The number of nitrogens with zero attached hydrogens (tertiary/aromatic N) is 1. The Bertz CT molecular complexity index is 533. The van der Waals surface area contributed by atoms with Crippen LogP contribution in [-0.2, 0) is 11.2 Å². The molecule has 3 rings (SSSR count). The minimum absolute atomic E-state index is 0.405. The number of carboxylic acid groups (broad SMARTS) is 1. The number of aliphatic carboxylic acids is 1. The Balaban J connectivity index is 1.82. The molecule has 1 saturated heterocycles. The molecule has 5 nitrogen and oxygen atoms in total. The highest BCUT2D eigenvalue weighted by atomic mass is 16.4. The summed E-state index contributed by atoms with van der Waals surface area (Å²) in [4.78, 5) is 13.3. The topological polar surface area (TPSA) is 64.6 Å². The summed E-state index contributed by atoms with van der Waals surface area (Å²) in [5.41, 5.74) is 3.65. The highest BCUT2D eigenvalue weighted by Gasteiger charge is 2.18. The summed E-state index contributed by atoms with van der Waals surface area (Å²) in [6.45, 7) is 4.03. The van der Waals surface area contributed by atoms with Crippen molar-refractivity contribution in [3.63, 3.8) is 0 Å². The minimum atomic E-state index is -0.857. The van der Waals surface area contributed by atoms with Crippen LogP contribution in [0.1, 0.15) is 5.56 Å². The van der Waals surface area contributed by atoms with Gasteiger partial charge in [-0.15, -0.1) is 0 Å². The van der Waals surface area contributed by atoms with E-state index in [2.05, 4.69) is 27.7 Å². The van der Waals surface area contributed by atoms with Gasteiger partial charge in [0.1, 0.15) is 0 Å². The van der Waals surface area contributed by atoms with Crippen LogP contribution in [-0.4, -0.2) is 37.3 Å². The van der Waals surface area contributed by atoms with E-state index in [9.17, 15) is 4.79 Å². The van der Waals surface area contributed by atoms with Gasteiger partial charge in [0.2, 0.25) is 0 Å². The third-order valence-electron chi connectivity index (χ3n) is 3.63. The largest absolute Gasteiger partial charge is 0.478 e. The average Bonchev–Trinajstić information content (AvgIpc) is 2.47. The van der Waals surface area contributed by atoms with Crippen molar-refractivity contribution in [3.05, 3.63) is 35.5 Å². The van der Waals surface area contributed by atoms with Crippen LogP contribution >= 0.6 is 0 Å². The lowest BCUT2D eigenvalue weighted by Gasteiger charge is -2.30. The highest BCUT2D eigenvalue weighted by molar-refractivity contribution is 5.89. The number of piperazine rings is 1. The zero-order valence-electron chi connectivity index (χ0n) is 10.6. The number of carbonyl (C=O) groups is 1. The number of hydrogen-bond donors (Lipinski definition) is 3. The number of nitrogens with one attached hydrogen (secondary N) is 2. The van der Waals surface area contributed by atoms with E-state index in [0.29, 0.717) is 12.0 Å². The van der Waals surface area contributed by atoms with Gasteiger partial charge in [0.25, 0.3) is 0 Å². The molecule has 0 amide bonds. The fraction of sp³-hybridized carbons (Fsp3) is 0.357. The van der Waals surface area contributed by atoms with Gasteiger partial charge in [0.05, 0.1) is 5.57 Å². The van der Waals surface area contributed by atoms with Gasteiger partial charge in [0, 0.05) is 50.2 Å². The van der Waals surface area contributed by atoms with Crippen LogP contribution in [0.4, 0.5) is 11.4 Å². The van der Waals surface area contributed by atoms with Crippen LogP contribution in [0.3, 0.4) is 0 Å². The lowest BCUT2D eigenvalue weighted by atomic mass is 10.00. The molecule has 100 valence electrons. The van der Waals surface area contributed by atoms with Gasteiger partial charge in [-0.1, -0.05) is 6.07 Å². The SMILES string of the molecule is O=C(O)C1=CNc2cc(N3CCNCC3)ccc2C1. The molecule has 1 fully saturated rings. The van der Waals surface area contributed by atoms with Crippen molar-refractivity contribution in [2.45, 2.75) is 6.42 Å². The van der Waals surface area contributed by atoms with Crippen molar-refractivity contribution >= 4 is 17.3 Å². The van der Waals surface area contributed by atoms with Gasteiger partial charge >= 0.3 is 5.97 Å². The molecule has 0 unspecified atom stereocenters. The minimum Gasteiger partial charge on any atom is -0.478 e. The summed E-state index contributed by atoms with van der Waals surface area (Å²) in [5.74, 6) is -0.857. The molecular weight excluding hydrogens is 242 g/mol. The maximum atomic E-state index is 11.0. The van der Waals surface area contributed by atoms with Crippen LogP contribution in [0.15, 0.2) is 30.0 Å². The van der Waals surface area contributed by atoms with Gasteiger partial charge in [-0.2, -0.15) is 0 Å². The van der Waals surface area contributed by atoms with Gasteiger partial charge < -0.3 is 20.6 Å². The quantitative estimate of drug-likeness (QED) is 0.740. The smallest absolute Gasteiger partial charge is 0.333 e. The number of benzene rings is 1. The van der Waals surface area contributed by atoms with E-state index in [1.165, 1.54) is 5.69 Å². The number of hydrogen-bond acceptors (Lipinski definition) is 4. The predicted octanol–water partition coefficient (Wildman–Crippen LogP) is 1.03. The van der Waals surface area contributed by atoms with E-state index < -0.39 is 5.97 Å². The number of anilines is 2. The van der Waals surface area contributed by atoms with Crippen molar-refractivity contribution in [2.75, 3.05) is 36.4 Å². The summed E-state index contributed by atoms with van der Waals surface area (Å²) in [6, 6.07) is 6.21. The van der Waals surface area contributed by atoms with Crippen LogP contribution < -0.4 is 15.5 Å². The lowest BCUT2D eigenvalue weighted by molar-refractivity contribution is -0.132. The molecule has 2 heterocycles. The Morgan fingerprint density at radius 2 is 2.05 bits per heavy atom. The molecule has 1 aromatic carbocycles. The summed E-state index contributed by atoms with van der Waals surface area (Å²) < 4.78 is 0. The molecule has 5 heteroatoms. The zero-order chi connectivity index (χ0) is 13.2. The van der Waals surface area contributed by atoms with Crippen LogP contribution in [0.25, 0.3) is 0 Å². The van der Waals surface area contributed by atoms with Gasteiger partial charge in [-0.3, -0.25) is 0 Å². The van der Waals surface area contributed by atoms with Crippen molar-refractivity contribution in [1.82, 2.24) is 5.32 Å². The molecule has 0 radical (unpaired) electrons. The van der Waals surface area contributed by atoms with Crippen LogP contribution in [0.2, 0.25) is 0 Å². The first kappa shape index (κ1) is 12.0. The highest BCUT2D eigenvalue weighted by Crippen LogP contribution is 2.29. The Morgan fingerprint density at radius 1 is 1.26 bits per heavy atom. The maximum absolute atomic E-state index is 11.0. The summed E-state index contributed by atoms with van der Waals surface area (Å²) in [6.07, 6.45) is 2.08. The van der Waals surface area contributed by atoms with Gasteiger partial charge in [-0.25, -0.2) is 4.79 Å². The Hall–Kier alpha value is -2.01. The third kappa shape index (κ3) is 2.42. The van der Waals surface area contributed by atoms with E-state index >= 15 is 0 Å². The van der Waals surface area contributed by atoms with Crippen LogP contribution in [0.5, 0.6) is 0 Å². The second kappa shape index (κ2) is 4.93. The first-order chi connectivity index (χ1) is 9.24. The second-order valence-electron chi connectivity index (χ2n) is 4.87. The monoisotopic (exact) mass is 259 g/mol. The number of carboxylic acids is 1. The number of rotatable bonds is 2. The Morgan fingerprint density at radius 3 is 2.79 bits per heavy atom. The van der Waals surface area contributed by atoms with Crippen molar-refractivity contribution in [3.8, 4) is 0 Å². The zero-order valence-corrected chi connectivity index (χ0v) is 10.6. The molecule has 0 atom stereocenters. The molecule has 2 aliphatic rings. The number of fused-ring (bicyclic) bond motifs is 1. The standard InChI is InChI=1S/C14H17N3O2/c18-14(19)11-7-10-1-2-12(8-13(10)16-9-11)17-5-3-15-4-6-17/h1-2,8-9,15-16H,3-7H2,(H,18,19). The van der Waals surface area contributed by atoms with Crippen LogP contribution in [0, 0.1) is 0 Å². The molecule has 0 bridgehead atoms. The molecule has 3 N–H and O–H groups in total. The van der Waals surface area contributed by atoms with Crippen molar-refractivity contribution < 1.29 is 9.90 Å². The van der Waals surface area contributed by atoms with E-state index in [1.807, 2.05) is 6.07 Å². The molecular formula is C14H17N3O2. The second-order valence-corrected chi connectivity index (χ2v) is 4.87. The van der Waals surface area contributed by atoms with E-state index in [1.54, 1.807) is 6.20 Å². The average molecular weight is 259 g/mol. The first-order valence-corrected chi connectivity index (χ1v) is 6.51. The molecule has 0 saturated carbocycles. The molecule has 0 aromatic heterocycles. The van der Waals surface area contributed by atoms with Gasteiger partial charge in [-0.05, 0) is 17.7 Å². The predicted molar refractivity (Wildman–Crippen MR) is 74.6 cm³/mol. The van der Waals surface area contributed by atoms with Gasteiger partial charge in [0.15, 0.2) is 0 Å². The van der Waals surface area contributed by atoms with Crippen molar-refractivity contribution in [1.29, 1.82) is 0 Å². The van der Waals surface area contributed by atoms with Crippen molar-refractivity contribution in [2.24, 2.45) is 0 Å². The van der Waals surface area contributed by atoms with E-state index in [4.69, 9.17) is 5.11 Å². The molecule has 1 aromatic rings. The maximum Gasteiger partial charge on any atom is 0.333 e. The van der Waals surface area contributed by atoms with E-state index in [-0.39, 0.29) is 0 Å². The van der Waals surface area contributed by atoms with E-state index in [0.717, 1.165) is 37.4 Å². The molecule has 0 spiro atoms. The fourth-order valence-electron chi connectivity index (χ4n) is 2.53. The Kier molecular flexibility index (Phi) is 3.13. The molecule has 0 aliphatic carbocycles. The molecule has 19 heavy (non-hydrogen) atoms. The molecule has 2 aliphatic heterocycles. The fourth-order valence-corrected chi connectivity index (χ4v) is 2.53. The first-order valence-electron chi connectivity index (χ1n) is 6.51. The lowest BCUT2D eigenvalue weighted by Crippen LogP contribution is -2.43. The summed E-state index contributed by atoms with van der Waals surface area (Å²) >= 11 is 0. The Labute approximate surface area is 111 Å². The summed E-state index contributed by atoms with van der Waals surface area (Å²) in [5, 5.41) is 15.4. The third-order valence-corrected chi connectivity index (χ3v) is 3.63.